The molecule has 2 fully saturated rings. The van der Waals surface area contributed by atoms with Crippen molar-refractivity contribution in [2.24, 2.45) is 11.8 Å². The van der Waals surface area contributed by atoms with Crippen molar-refractivity contribution in [3.8, 4) is 0 Å². The van der Waals surface area contributed by atoms with Crippen LogP contribution >= 0.6 is 0 Å². The number of amides is 2. The molecule has 0 bridgehead atoms. The van der Waals surface area contributed by atoms with Crippen molar-refractivity contribution in [1.82, 2.24) is 19.4 Å². The Morgan fingerprint density at radius 1 is 0.929 bits per heavy atom. The van der Waals surface area contributed by atoms with Gasteiger partial charge >= 0.3 is 6.03 Å². The quantitative estimate of drug-likeness (QED) is 0.345. The van der Waals surface area contributed by atoms with Gasteiger partial charge in [-0.25, -0.2) is 17.5 Å². The second-order valence-electron chi connectivity index (χ2n) is 12.3. The molecule has 1 N–H and O–H groups in total. The van der Waals surface area contributed by atoms with Gasteiger partial charge in [0.2, 0.25) is 10.0 Å². The zero-order chi connectivity index (χ0) is 29.7. The number of hydrogen-bond donors (Lipinski definition) is 1. The number of nitrogens with one attached hydrogen (secondary N) is 1. The number of sulfonamides is 1. The second kappa shape index (κ2) is 13.0. The Bertz CT molecular complexity index is 1420. The molecule has 5 rings (SSSR count). The van der Waals surface area contributed by atoms with Crippen LogP contribution in [0.2, 0.25) is 0 Å². The van der Waals surface area contributed by atoms with E-state index in [1.165, 1.54) is 4.31 Å². The van der Waals surface area contributed by atoms with Gasteiger partial charge in [-0.3, -0.25) is 0 Å². The normalized spacial score (nSPS) is 21.5. The molecule has 4 atom stereocenters. The van der Waals surface area contributed by atoms with Gasteiger partial charge in [0, 0.05) is 38.6 Å². The number of piperidine rings is 1. The third-order valence-corrected chi connectivity index (χ3v) is 11.1. The van der Waals surface area contributed by atoms with Crippen molar-refractivity contribution in [3.05, 3.63) is 102 Å². The van der Waals surface area contributed by atoms with Crippen LogP contribution < -0.4 is 5.32 Å². The van der Waals surface area contributed by atoms with Crippen molar-refractivity contribution in [2.75, 3.05) is 46.3 Å². The number of carbonyl (C=O) groups is 1. The first-order valence-electron chi connectivity index (χ1n) is 15.1. The lowest BCUT2D eigenvalue weighted by atomic mass is 9.78. The van der Waals surface area contributed by atoms with Gasteiger partial charge in [0.1, 0.15) is 0 Å². The van der Waals surface area contributed by atoms with E-state index in [0.29, 0.717) is 23.3 Å². The Balaban J connectivity index is 1.21. The third-order valence-electron chi connectivity index (χ3n) is 9.29. The molecule has 3 aromatic rings. The van der Waals surface area contributed by atoms with Gasteiger partial charge in [0.15, 0.2) is 0 Å². The second-order valence-corrected chi connectivity index (χ2v) is 14.4. The van der Waals surface area contributed by atoms with E-state index < -0.39 is 10.0 Å². The minimum Gasteiger partial charge on any atom is -0.331 e. The predicted octanol–water partition coefficient (Wildman–Crippen LogP) is 5.38. The predicted molar refractivity (Wildman–Crippen MR) is 168 cm³/mol. The minimum atomic E-state index is -3.60. The lowest BCUT2D eigenvalue weighted by Gasteiger charge is -2.39. The standard InChI is InChI=1S/C34H44N4O3S/c1-27(28-13-7-4-8-14-28)35-33(39)38-24-29-19-21-37(23-30(29)25-38)22-20-34(2,31-15-9-5-10-16-31)26-36(3)42(40,41)32-17-11-6-12-18-32/h4-18,27,29-30H,19-26H2,1-3H3,(H,35,39)/t27-,29?,30-,34-/m1/s1. The van der Waals surface area contributed by atoms with E-state index in [4.69, 9.17) is 0 Å². The van der Waals surface area contributed by atoms with E-state index in [1.807, 2.05) is 66.4 Å². The van der Waals surface area contributed by atoms with E-state index in [9.17, 15) is 13.2 Å². The molecule has 224 valence electrons. The number of urea groups is 1. The summed E-state index contributed by atoms with van der Waals surface area (Å²) in [5, 5.41) is 3.18. The molecule has 2 aliphatic heterocycles. The Labute approximate surface area is 251 Å². The van der Waals surface area contributed by atoms with Gasteiger partial charge in [-0.1, -0.05) is 85.8 Å². The molecule has 8 heteroatoms. The molecule has 7 nitrogen and oxygen atoms in total. The van der Waals surface area contributed by atoms with Gasteiger partial charge in [-0.05, 0) is 68.0 Å². The Morgan fingerprint density at radius 3 is 2.19 bits per heavy atom. The summed E-state index contributed by atoms with van der Waals surface area (Å²) < 4.78 is 28.3. The van der Waals surface area contributed by atoms with Crippen LogP contribution in [0.25, 0.3) is 0 Å². The van der Waals surface area contributed by atoms with E-state index in [0.717, 1.165) is 56.7 Å². The Hall–Kier alpha value is -3.20. The fourth-order valence-electron chi connectivity index (χ4n) is 6.62. The number of nitrogens with zero attached hydrogens (tertiary/aromatic N) is 3. The van der Waals surface area contributed by atoms with Crippen LogP contribution in [-0.2, 0) is 15.4 Å². The van der Waals surface area contributed by atoms with Crippen LogP contribution in [0.15, 0.2) is 95.9 Å². The summed E-state index contributed by atoms with van der Waals surface area (Å²) in [6.07, 6.45) is 1.91. The molecular formula is C34H44N4O3S. The largest absolute Gasteiger partial charge is 0.331 e. The molecule has 3 aromatic carbocycles. The van der Waals surface area contributed by atoms with Gasteiger partial charge in [0.25, 0.3) is 0 Å². The monoisotopic (exact) mass is 588 g/mol. The highest BCUT2D eigenvalue weighted by Gasteiger charge is 2.40. The molecule has 42 heavy (non-hydrogen) atoms. The first-order chi connectivity index (χ1) is 20.2. The number of fused-ring (bicyclic) bond motifs is 1. The molecule has 2 heterocycles. The van der Waals surface area contributed by atoms with Crippen molar-refractivity contribution < 1.29 is 13.2 Å². The van der Waals surface area contributed by atoms with Crippen LogP contribution in [0, 0.1) is 11.8 Å². The first-order valence-corrected chi connectivity index (χ1v) is 16.5. The Morgan fingerprint density at radius 2 is 1.52 bits per heavy atom. The zero-order valence-corrected chi connectivity index (χ0v) is 25.8. The summed E-state index contributed by atoms with van der Waals surface area (Å²) in [6, 6.07) is 29.0. The minimum absolute atomic E-state index is 0.0200. The van der Waals surface area contributed by atoms with Gasteiger partial charge < -0.3 is 15.1 Å². The Kier molecular flexibility index (Phi) is 9.35. The fourth-order valence-corrected chi connectivity index (χ4v) is 7.94. The number of rotatable bonds is 10. The van der Waals surface area contributed by atoms with Crippen molar-refractivity contribution >= 4 is 16.1 Å². The molecule has 0 saturated carbocycles. The van der Waals surface area contributed by atoms with Crippen LogP contribution in [0.3, 0.4) is 0 Å². The summed E-state index contributed by atoms with van der Waals surface area (Å²) in [5.74, 6) is 0.988. The maximum absolute atomic E-state index is 13.4. The highest BCUT2D eigenvalue weighted by molar-refractivity contribution is 7.89. The molecule has 0 aromatic heterocycles. The van der Waals surface area contributed by atoms with Gasteiger partial charge in [-0.15, -0.1) is 0 Å². The lowest BCUT2D eigenvalue weighted by Crippen LogP contribution is -2.45. The maximum atomic E-state index is 13.4. The number of hydrogen-bond acceptors (Lipinski definition) is 4. The fraction of sp³-hybridized carbons (Fsp3) is 0.441. The number of likely N-dealkylation sites (N-methyl/N-ethyl adjacent to an activating group) is 1. The molecule has 0 radical (unpaired) electrons. The third kappa shape index (κ3) is 6.88. The van der Waals surface area contributed by atoms with Crippen LogP contribution in [0.4, 0.5) is 4.79 Å². The van der Waals surface area contributed by atoms with E-state index >= 15 is 0 Å². The maximum Gasteiger partial charge on any atom is 0.317 e. The first kappa shape index (κ1) is 30.3. The SMILES string of the molecule is C[C@@H](NC(=O)N1CC2CCN(CC[C@](C)(CN(C)S(=O)(=O)c3ccccc3)c3ccccc3)C[C@@H]2C1)c1ccccc1. The van der Waals surface area contributed by atoms with Crippen LogP contribution in [-0.4, -0.2) is 74.9 Å². The number of benzene rings is 3. The molecule has 0 spiro atoms. The molecule has 1 unspecified atom stereocenters. The highest BCUT2D eigenvalue weighted by Crippen LogP contribution is 2.34. The molecule has 2 amide bonds. The highest BCUT2D eigenvalue weighted by atomic mass is 32.2. The summed E-state index contributed by atoms with van der Waals surface area (Å²) in [5.41, 5.74) is 1.90. The van der Waals surface area contributed by atoms with Crippen molar-refractivity contribution in [3.63, 3.8) is 0 Å². The summed E-state index contributed by atoms with van der Waals surface area (Å²) in [7, 11) is -1.91. The van der Waals surface area contributed by atoms with E-state index in [-0.39, 0.29) is 17.5 Å². The molecular weight excluding hydrogens is 544 g/mol. The number of carbonyl (C=O) groups excluding carboxylic acids is 1. The summed E-state index contributed by atoms with van der Waals surface area (Å²) >= 11 is 0. The van der Waals surface area contributed by atoms with Crippen LogP contribution in [0.1, 0.15) is 43.9 Å². The van der Waals surface area contributed by atoms with E-state index in [2.05, 4.69) is 29.3 Å². The lowest BCUT2D eigenvalue weighted by molar-refractivity contribution is 0.135. The zero-order valence-electron chi connectivity index (χ0n) is 25.0. The number of likely N-dealkylation sites (tertiary alicyclic amines) is 2. The molecule has 2 aliphatic rings. The average Bonchev–Trinajstić information content (AvgIpc) is 3.45. The van der Waals surface area contributed by atoms with Crippen molar-refractivity contribution in [1.29, 1.82) is 0 Å². The van der Waals surface area contributed by atoms with Gasteiger partial charge in [-0.2, -0.15) is 0 Å². The smallest absolute Gasteiger partial charge is 0.317 e. The van der Waals surface area contributed by atoms with E-state index in [1.54, 1.807) is 31.3 Å². The molecule has 2 saturated heterocycles. The topological polar surface area (TPSA) is 73.0 Å². The summed E-state index contributed by atoms with van der Waals surface area (Å²) in [4.78, 5) is 17.9. The van der Waals surface area contributed by atoms with Crippen LogP contribution in [0.5, 0.6) is 0 Å². The van der Waals surface area contributed by atoms with Crippen molar-refractivity contribution in [2.45, 2.75) is 43.0 Å². The molecule has 0 aliphatic carbocycles. The summed E-state index contributed by atoms with van der Waals surface area (Å²) in [6.45, 7) is 9.04. The average molecular weight is 589 g/mol. The van der Waals surface area contributed by atoms with Gasteiger partial charge in [0.05, 0.1) is 10.9 Å².